The molecule has 134 valence electrons. The molecule has 10 heteroatoms. The smallest absolute Gasteiger partial charge is 0.306 e. The van der Waals surface area contributed by atoms with Gasteiger partial charge in [-0.25, -0.2) is 14.5 Å². The van der Waals surface area contributed by atoms with Crippen molar-refractivity contribution < 1.29 is 4.79 Å². The van der Waals surface area contributed by atoms with E-state index in [1.807, 2.05) is 6.07 Å². The number of carbonyl (C=O) groups excluding carboxylic acids is 1. The second-order valence-electron chi connectivity index (χ2n) is 5.22. The second-order valence-corrected chi connectivity index (χ2v) is 7.35. The number of aromatic nitrogens is 3. The molecule has 1 aromatic heterocycles. The zero-order valence-electron chi connectivity index (χ0n) is 13.0. The molecule has 3 aromatic rings. The van der Waals surface area contributed by atoms with Gasteiger partial charge in [0.2, 0.25) is 5.95 Å². The highest BCUT2D eigenvalue weighted by atomic mass is 79.9. The van der Waals surface area contributed by atoms with Crippen molar-refractivity contribution in [2.24, 2.45) is 0 Å². The molecule has 0 aliphatic heterocycles. The third-order valence-corrected chi connectivity index (χ3v) is 4.81. The minimum absolute atomic E-state index is 0.163. The van der Waals surface area contributed by atoms with Gasteiger partial charge in [-0.15, -0.1) is 5.10 Å². The molecule has 0 bridgehead atoms. The van der Waals surface area contributed by atoms with Crippen LogP contribution in [0.5, 0.6) is 0 Å². The van der Waals surface area contributed by atoms with Crippen LogP contribution in [0.4, 0.5) is 16.4 Å². The van der Waals surface area contributed by atoms with Crippen LogP contribution in [0.2, 0.25) is 15.1 Å². The summed E-state index contributed by atoms with van der Waals surface area (Å²) in [4.78, 5) is 16.1. The molecule has 0 radical (unpaired) electrons. The molecule has 2 amide bonds. The summed E-state index contributed by atoms with van der Waals surface area (Å²) in [5, 5.41) is 10.7. The summed E-state index contributed by atoms with van der Waals surface area (Å²) in [7, 11) is 0. The fourth-order valence-corrected chi connectivity index (χ4v) is 3.14. The maximum Gasteiger partial charge on any atom is 0.326 e. The highest BCUT2D eigenvalue weighted by molar-refractivity contribution is 9.10. The standard InChI is InChI=1S/C16H11BrCl3N5O/c17-10-2-4-14(13(20)6-10)22-16(26)23-15-21-8-25(24-15)7-9-1-3-11(18)12(19)5-9/h1-6,8H,7H2,(H2,22,23,24,26). The van der Waals surface area contributed by atoms with Gasteiger partial charge in [-0.05, 0) is 35.9 Å². The van der Waals surface area contributed by atoms with Crippen LogP contribution in [0.3, 0.4) is 0 Å². The summed E-state index contributed by atoms with van der Waals surface area (Å²) in [6, 6.07) is 9.94. The first-order valence-corrected chi connectivity index (χ1v) is 9.20. The number of halogens is 4. The van der Waals surface area contributed by atoms with Gasteiger partial charge in [-0.2, -0.15) is 0 Å². The van der Waals surface area contributed by atoms with E-state index < -0.39 is 6.03 Å². The lowest BCUT2D eigenvalue weighted by atomic mass is 10.2. The van der Waals surface area contributed by atoms with E-state index in [2.05, 4.69) is 36.6 Å². The molecule has 26 heavy (non-hydrogen) atoms. The normalized spacial score (nSPS) is 10.6. The highest BCUT2D eigenvalue weighted by Crippen LogP contribution is 2.26. The van der Waals surface area contributed by atoms with E-state index >= 15 is 0 Å². The molecule has 3 rings (SSSR count). The monoisotopic (exact) mass is 473 g/mol. The molecule has 0 saturated heterocycles. The van der Waals surface area contributed by atoms with Crippen LogP contribution >= 0.6 is 50.7 Å². The van der Waals surface area contributed by atoms with E-state index in [1.54, 1.807) is 35.0 Å². The molecule has 0 aliphatic rings. The van der Waals surface area contributed by atoms with Crippen molar-refractivity contribution in [2.75, 3.05) is 10.6 Å². The van der Waals surface area contributed by atoms with Gasteiger partial charge >= 0.3 is 6.03 Å². The number of carbonyl (C=O) groups is 1. The number of hydrogen-bond acceptors (Lipinski definition) is 3. The number of benzene rings is 2. The molecule has 0 saturated carbocycles. The Labute approximate surface area is 172 Å². The Morgan fingerprint density at radius 2 is 1.85 bits per heavy atom. The van der Waals surface area contributed by atoms with Crippen molar-refractivity contribution in [1.82, 2.24) is 14.8 Å². The van der Waals surface area contributed by atoms with Crippen LogP contribution in [0.25, 0.3) is 0 Å². The predicted molar refractivity (Wildman–Crippen MR) is 107 cm³/mol. The SMILES string of the molecule is O=C(Nc1ncn(Cc2ccc(Cl)c(Cl)c2)n1)Nc1ccc(Br)cc1Cl. The molecular formula is C16H11BrCl3N5O. The van der Waals surface area contributed by atoms with Gasteiger partial charge in [-0.3, -0.25) is 5.32 Å². The summed E-state index contributed by atoms with van der Waals surface area (Å²) in [6.07, 6.45) is 1.50. The maximum atomic E-state index is 12.1. The molecule has 0 spiro atoms. The molecule has 2 N–H and O–H groups in total. The van der Waals surface area contributed by atoms with Gasteiger partial charge in [0.25, 0.3) is 0 Å². The average Bonchev–Trinajstić information content (AvgIpc) is 3.00. The van der Waals surface area contributed by atoms with E-state index in [1.165, 1.54) is 6.33 Å². The van der Waals surface area contributed by atoms with Gasteiger partial charge < -0.3 is 5.32 Å². The molecule has 2 aromatic carbocycles. The number of nitrogens with one attached hydrogen (secondary N) is 2. The first-order valence-electron chi connectivity index (χ1n) is 7.27. The first-order chi connectivity index (χ1) is 12.4. The van der Waals surface area contributed by atoms with Crippen molar-refractivity contribution in [1.29, 1.82) is 0 Å². The van der Waals surface area contributed by atoms with Crippen LogP contribution in [0.15, 0.2) is 47.2 Å². The lowest BCUT2D eigenvalue weighted by molar-refractivity contribution is 0.262. The summed E-state index contributed by atoms with van der Waals surface area (Å²) in [5.74, 6) is 0.163. The van der Waals surface area contributed by atoms with Crippen LogP contribution in [0, 0.1) is 0 Å². The Bertz CT molecular complexity index is 963. The van der Waals surface area contributed by atoms with Gasteiger partial charge in [0.15, 0.2) is 0 Å². The Balaban J connectivity index is 1.62. The molecule has 0 unspecified atom stereocenters. The largest absolute Gasteiger partial charge is 0.326 e. The topological polar surface area (TPSA) is 71.8 Å². The van der Waals surface area contributed by atoms with Crippen LogP contribution in [-0.2, 0) is 6.54 Å². The van der Waals surface area contributed by atoms with Crippen molar-refractivity contribution in [3.05, 3.63) is 67.8 Å². The van der Waals surface area contributed by atoms with Crippen molar-refractivity contribution >= 4 is 68.4 Å². The summed E-state index contributed by atoms with van der Waals surface area (Å²) >= 11 is 21.3. The van der Waals surface area contributed by atoms with Crippen LogP contribution in [-0.4, -0.2) is 20.8 Å². The Hall–Kier alpha value is -1.80. The number of nitrogens with zero attached hydrogens (tertiary/aromatic N) is 3. The summed E-state index contributed by atoms with van der Waals surface area (Å²) < 4.78 is 2.39. The average molecular weight is 476 g/mol. The van der Waals surface area contributed by atoms with Crippen molar-refractivity contribution in [2.45, 2.75) is 6.54 Å². The molecule has 6 nitrogen and oxygen atoms in total. The molecule has 0 aliphatic carbocycles. The van der Waals surface area contributed by atoms with Crippen molar-refractivity contribution in [3.63, 3.8) is 0 Å². The molecule has 0 fully saturated rings. The number of hydrogen-bond donors (Lipinski definition) is 2. The predicted octanol–water partition coefficient (Wildman–Crippen LogP) is 5.69. The number of urea groups is 1. The zero-order chi connectivity index (χ0) is 18.7. The van der Waals surface area contributed by atoms with E-state index in [-0.39, 0.29) is 5.95 Å². The molecule has 0 atom stereocenters. The summed E-state index contributed by atoms with van der Waals surface area (Å²) in [5.41, 5.74) is 1.38. The lowest BCUT2D eigenvalue weighted by Gasteiger charge is -2.07. The minimum atomic E-state index is -0.499. The van der Waals surface area contributed by atoms with Crippen LogP contribution < -0.4 is 10.6 Å². The number of amides is 2. The van der Waals surface area contributed by atoms with E-state index in [0.717, 1.165) is 10.0 Å². The molecular weight excluding hydrogens is 464 g/mol. The highest BCUT2D eigenvalue weighted by Gasteiger charge is 2.10. The quantitative estimate of drug-likeness (QED) is 0.509. The Morgan fingerprint density at radius 1 is 1.04 bits per heavy atom. The van der Waals surface area contributed by atoms with E-state index in [4.69, 9.17) is 34.8 Å². The third kappa shape index (κ3) is 4.88. The third-order valence-electron chi connectivity index (χ3n) is 3.27. The zero-order valence-corrected chi connectivity index (χ0v) is 16.9. The van der Waals surface area contributed by atoms with Gasteiger partial charge in [0, 0.05) is 4.47 Å². The minimum Gasteiger partial charge on any atom is -0.306 e. The second kappa shape index (κ2) is 8.26. The van der Waals surface area contributed by atoms with Gasteiger partial charge in [0.05, 0.1) is 27.3 Å². The fourth-order valence-electron chi connectivity index (χ4n) is 2.10. The lowest BCUT2D eigenvalue weighted by Crippen LogP contribution is -2.20. The van der Waals surface area contributed by atoms with Gasteiger partial charge in [0.1, 0.15) is 6.33 Å². The fraction of sp³-hybridized carbons (Fsp3) is 0.0625. The van der Waals surface area contributed by atoms with E-state index in [0.29, 0.717) is 27.3 Å². The van der Waals surface area contributed by atoms with E-state index in [9.17, 15) is 4.79 Å². The Morgan fingerprint density at radius 3 is 2.58 bits per heavy atom. The molecule has 1 heterocycles. The van der Waals surface area contributed by atoms with Crippen LogP contribution in [0.1, 0.15) is 5.56 Å². The van der Waals surface area contributed by atoms with Crippen molar-refractivity contribution in [3.8, 4) is 0 Å². The number of rotatable bonds is 4. The number of anilines is 2. The summed E-state index contributed by atoms with van der Waals surface area (Å²) in [6.45, 7) is 0.436. The van der Waals surface area contributed by atoms with Gasteiger partial charge in [-0.1, -0.05) is 56.8 Å². The Kier molecular flexibility index (Phi) is 6.03. The maximum absolute atomic E-state index is 12.1. The first kappa shape index (κ1) is 19.0.